The number of hydrogen-bond donors (Lipinski definition) is 0. The minimum atomic E-state index is 0.726. The number of aryl methyl sites for hydroxylation is 1. The number of nitrogens with zero attached hydrogens (tertiary/aromatic N) is 3. The number of fused-ring (bicyclic) bond motifs is 1. The van der Waals surface area contributed by atoms with Crippen molar-refractivity contribution in [1.82, 2.24) is 14.5 Å². The summed E-state index contributed by atoms with van der Waals surface area (Å²) in [7, 11) is 0. The summed E-state index contributed by atoms with van der Waals surface area (Å²) >= 11 is 0. The van der Waals surface area contributed by atoms with Gasteiger partial charge in [-0.15, -0.1) is 0 Å². The number of pyridine rings is 1. The van der Waals surface area contributed by atoms with Gasteiger partial charge in [-0.05, 0) is 24.5 Å². The van der Waals surface area contributed by atoms with Gasteiger partial charge in [0.2, 0.25) is 0 Å². The minimum absolute atomic E-state index is 0.726. The summed E-state index contributed by atoms with van der Waals surface area (Å²) in [5.74, 6) is 0.726. The Morgan fingerprint density at radius 1 is 1.36 bits per heavy atom. The van der Waals surface area contributed by atoms with Gasteiger partial charge >= 0.3 is 0 Å². The van der Waals surface area contributed by atoms with E-state index in [-0.39, 0.29) is 0 Å². The second-order valence-electron chi connectivity index (χ2n) is 3.97. The highest BCUT2D eigenvalue weighted by Gasteiger charge is 2.02. The lowest BCUT2D eigenvalue weighted by molar-refractivity contribution is 0.523. The molecule has 74 valence electrons. The van der Waals surface area contributed by atoms with Crippen LogP contribution in [-0.2, 0) is 6.54 Å². The maximum atomic E-state index is 4.25. The predicted octanol–water partition coefficient (Wildman–Crippen LogP) is 2.48. The van der Waals surface area contributed by atoms with Gasteiger partial charge in [0.1, 0.15) is 0 Å². The fraction of sp³-hybridized carbons (Fsp3) is 0.455. The first-order chi connectivity index (χ1) is 6.77. The molecule has 0 radical (unpaired) electrons. The van der Waals surface area contributed by atoms with Gasteiger partial charge in [0, 0.05) is 12.7 Å². The first-order valence-corrected chi connectivity index (χ1v) is 5.03. The molecule has 0 fully saturated rings. The van der Waals surface area contributed by atoms with E-state index in [4.69, 9.17) is 0 Å². The summed E-state index contributed by atoms with van der Waals surface area (Å²) in [6.07, 6.45) is 4.84. The lowest BCUT2D eigenvalue weighted by Gasteiger charge is -2.05. The van der Waals surface area contributed by atoms with Crippen LogP contribution >= 0.6 is 0 Å². The Kier molecular flexibility index (Phi) is 2.48. The Hall–Kier alpha value is -1.38. The summed E-state index contributed by atoms with van der Waals surface area (Å²) in [5.41, 5.74) is 1.98. The molecule has 0 amide bonds. The first kappa shape index (κ1) is 9.19. The maximum absolute atomic E-state index is 4.25. The van der Waals surface area contributed by atoms with E-state index in [0.717, 1.165) is 23.6 Å². The van der Waals surface area contributed by atoms with Crippen LogP contribution in [0.4, 0.5) is 0 Å². The third-order valence-corrected chi connectivity index (χ3v) is 2.34. The highest BCUT2D eigenvalue weighted by Crippen LogP contribution is 2.11. The van der Waals surface area contributed by atoms with E-state index in [1.165, 1.54) is 6.42 Å². The molecule has 0 saturated heterocycles. The van der Waals surface area contributed by atoms with Crippen molar-refractivity contribution in [3.8, 4) is 0 Å². The van der Waals surface area contributed by atoms with E-state index < -0.39 is 0 Å². The fourth-order valence-electron chi connectivity index (χ4n) is 1.47. The molecule has 0 atom stereocenters. The molecule has 3 heteroatoms. The minimum Gasteiger partial charge on any atom is -0.329 e. The molecule has 3 nitrogen and oxygen atoms in total. The molecule has 0 N–H and O–H groups in total. The summed E-state index contributed by atoms with van der Waals surface area (Å²) in [5, 5.41) is 0. The molecule has 0 aliphatic carbocycles. The lowest BCUT2D eigenvalue weighted by atomic mass is 10.1. The molecule has 0 aliphatic rings. The third kappa shape index (κ3) is 1.76. The highest BCUT2D eigenvalue weighted by atomic mass is 15.1. The van der Waals surface area contributed by atoms with E-state index >= 15 is 0 Å². The highest BCUT2D eigenvalue weighted by molar-refractivity contribution is 5.70. The lowest BCUT2D eigenvalue weighted by Crippen LogP contribution is -1.99. The molecule has 0 spiro atoms. The summed E-state index contributed by atoms with van der Waals surface area (Å²) in [6.45, 7) is 5.49. The van der Waals surface area contributed by atoms with Crippen LogP contribution in [0.3, 0.4) is 0 Å². The van der Waals surface area contributed by atoms with E-state index in [1.54, 1.807) is 6.20 Å². The zero-order valence-electron chi connectivity index (χ0n) is 8.64. The molecular formula is C11H15N3. The van der Waals surface area contributed by atoms with Crippen LogP contribution in [0.25, 0.3) is 11.2 Å². The zero-order chi connectivity index (χ0) is 9.97. The van der Waals surface area contributed by atoms with Gasteiger partial charge in [0.05, 0.1) is 11.8 Å². The average molecular weight is 189 g/mol. The van der Waals surface area contributed by atoms with Crippen LogP contribution in [0.5, 0.6) is 0 Å². The average Bonchev–Trinajstić information content (AvgIpc) is 2.58. The van der Waals surface area contributed by atoms with Gasteiger partial charge in [0.15, 0.2) is 5.65 Å². The van der Waals surface area contributed by atoms with Crippen LogP contribution in [0.2, 0.25) is 0 Å². The van der Waals surface area contributed by atoms with Crippen molar-refractivity contribution in [2.45, 2.75) is 26.8 Å². The van der Waals surface area contributed by atoms with Crippen molar-refractivity contribution >= 4 is 11.2 Å². The van der Waals surface area contributed by atoms with Gasteiger partial charge in [-0.25, -0.2) is 9.97 Å². The van der Waals surface area contributed by atoms with Gasteiger partial charge < -0.3 is 4.57 Å². The largest absolute Gasteiger partial charge is 0.329 e. The van der Waals surface area contributed by atoms with Crippen molar-refractivity contribution in [2.75, 3.05) is 0 Å². The van der Waals surface area contributed by atoms with Gasteiger partial charge in [-0.3, -0.25) is 0 Å². The van der Waals surface area contributed by atoms with Crippen LogP contribution in [-0.4, -0.2) is 14.5 Å². The molecule has 2 aromatic heterocycles. The molecule has 2 heterocycles. The van der Waals surface area contributed by atoms with Crippen molar-refractivity contribution in [3.63, 3.8) is 0 Å². The summed E-state index contributed by atoms with van der Waals surface area (Å²) in [4.78, 5) is 8.45. The van der Waals surface area contributed by atoms with E-state index in [0.29, 0.717) is 0 Å². The third-order valence-electron chi connectivity index (χ3n) is 2.34. The Bertz CT molecular complexity index is 417. The molecule has 0 saturated carbocycles. The smallest absolute Gasteiger partial charge is 0.177 e. The monoisotopic (exact) mass is 189 g/mol. The van der Waals surface area contributed by atoms with Crippen molar-refractivity contribution in [1.29, 1.82) is 0 Å². The molecular weight excluding hydrogens is 174 g/mol. The van der Waals surface area contributed by atoms with Crippen molar-refractivity contribution < 1.29 is 0 Å². The molecule has 2 rings (SSSR count). The number of imidazole rings is 1. The molecule has 0 unspecified atom stereocenters. The van der Waals surface area contributed by atoms with E-state index in [9.17, 15) is 0 Å². The molecule has 0 bridgehead atoms. The first-order valence-electron chi connectivity index (χ1n) is 5.03. The van der Waals surface area contributed by atoms with Crippen molar-refractivity contribution in [2.24, 2.45) is 5.92 Å². The van der Waals surface area contributed by atoms with Crippen LogP contribution in [0, 0.1) is 5.92 Å². The van der Waals surface area contributed by atoms with E-state index in [1.807, 2.05) is 12.4 Å². The van der Waals surface area contributed by atoms with Gasteiger partial charge in [0.25, 0.3) is 0 Å². The number of aromatic nitrogens is 3. The second kappa shape index (κ2) is 3.78. The zero-order valence-corrected chi connectivity index (χ0v) is 8.64. The quantitative estimate of drug-likeness (QED) is 0.742. The van der Waals surface area contributed by atoms with Crippen molar-refractivity contribution in [3.05, 3.63) is 24.7 Å². The standard InChI is InChI=1S/C11H15N3/c1-9(2)5-7-14-8-13-11-10(14)4-3-6-12-11/h3-4,6,8-9H,5,7H2,1-2H3. The number of rotatable bonds is 3. The molecule has 14 heavy (non-hydrogen) atoms. The molecule has 2 aromatic rings. The second-order valence-corrected chi connectivity index (χ2v) is 3.97. The Morgan fingerprint density at radius 3 is 3.00 bits per heavy atom. The van der Waals surface area contributed by atoms with Gasteiger partial charge in [-0.2, -0.15) is 0 Å². The maximum Gasteiger partial charge on any atom is 0.177 e. The Morgan fingerprint density at radius 2 is 2.21 bits per heavy atom. The topological polar surface area (TPSA) is 30.7 Å². The predicted molar refractivity (Wildman–Crippen MR) is 57.0 cm³/mol. The molecule has 0 aliphatic heterocycles. The fourth-order valence-corrected chi connectivity index (χ4v) is 1.47. The Labute approximate surface area is 83.8 Å². The SMILES string of the molecule is CC(C)CCn1cnc2ncccc21. The van der Waals surface area contributed by atoms with Gasteiger partial charge in [-0.1, -0.05) is 13.8 Å². The van der Waals surface area contributed by atoms with E-state index in [2.05, 4.69) is 34.4 Å². The molecule has 0 aromatic carbocycles. The van der Waals surface area contributed by atoms with Crippen LogP contribution in [0.15, 0.2) is 24.7 Å². The number of hydrogen-bond acceptors (Lipinski definition) is 2. The Balaban J connectivity index is 2.25. The van der Waals surface area contributed by atoms with Crippen LogP contribution < -0.4 is 0 Å². The summed E-state index contributed by atoms with van der Waals surface area (Å²) < 4.78 is 2.17. The van der Waals surface area contributed by atoms with Crippen LogP contribution in [0.1, 0.15) is 20.3 Å². The summed E-state index contributed by atoms with van der Waals surface area (Å²) in [6, 6.07) is 4.02. The normalized spacial score (nSPS) is 11.4.